The lowest BCUT2D eigenvalue weighted by Crippen LogP contribution is -2.12. The van der Waals surface area contributed by atoms with E-state index < -0.39 is 0 Å². The van der Waals surface area contributed by atoms with E-state index in [1.165, 1.54) is 55.2 Å². The van der Waals surface area contributed by atoms with Gasteiger partial charge in [0.25, 0.3) is 0 Å². The van der Waals surface area contributed by atoms with Crippen LogP contribution in [0.1, 0.15) is 140 Å². The molecule has 0 aliphatic carbocycles. The van der Waals surface area contributed by atoms with Gasteiger partial charge in [-0.05, 0) is 121 Å². The number of benzene rings is 3. The Bertz CT molecular complexity index is 1290. The largest absolute Gasteiger partial charge is 0.508 e. The summed E-state index contributed by atoms with van der Waals surface area (Å²) in [6.45, 7) is 23.4. The number of rotatable bonds is 11. The molecule has 244 valence electrons. The first kappa shape index (κ1) is 37.6. The van der Waals surface area contributed by atoms with Gasteiger partial charge in [-0.3, -0.25) is 0 Å². The van der Waals surface area contributed by atoms with Crippen LogP contribution in [0.5, 0.6) is 17.2 Å². The topological polar surface area (TPSA) is 60.7 Å². The number of phenols is 3. The molecule has 0 heterocycles. The summed E-state index contributed by atoms with van der Waals surface area (Å²) in [6, 6.07) is 11.9. The molecule has 3 aromatic rings. The molecule has 0 spiro atoms. The van der Waals surface area contributed by atoms with E-state index in [9.17, 15) is 15.3 Å². The Morgan fingerprint density at radius 2 is 0.955 bits per heavy atom. The molecular weight excluding hydrogens is 561 g/mol. The summed E-state index contributed by atoms with van der Waals surface area (Å²) < 4.78 is 0. The van der Waals surface area contributed by atoms with Crippen molar-refractivity contribution in [1.82, 2.24) is 0 Å². The second kappa shape index (κ2) is 16.6. The predicted molar refractivity (Wildman–Crippen MR) is 191 cm³/mol. The number of hydrogen-bond donors (Lipinski definition) is 3. The van der Waals surface area contributed by atoms with Gasteiger partial charge in [-0.25, -0.2) is 0 Å². The number of aromatic hydroxyl groups is 3. The number of phenolic OH excluding ortho intramolecular Hbond substituents is 3. The molecule has 44 heavy (non-hydrogen) atoms. The molecule has 0 fully saturated rings. The minimum Gasteiger partial charge on any atom is -0.508 e. The maximum absolute atomic E-state index is 10.3. The minimum atomic E-state index is -0.117. The van der Waals surface area contributed by atoms with Gasteiger partial charge in [0.2, 0.25) is 0 Å². The molecule has 3 nitrogen and oxygen atoms in total. The Balaban J connectivity index is 0.000000319. The van der Waals surface area contributed by atoms with Gasteiger partial charge in [-0.1, -0.05) is 99.4 Å². The molecule has 0 aliphatic heterocycles. The van der Waals surface area contributed by atoms with Crippen molar-refractivity contribution < 1.29 is 15.3 Å². The lowest BCUT2D eigenvalue weighted by atomic mass is 9.86. The monoisotopic (exact) mass is 620 g/mol. The van der Waals surface area contributed by atoms with Crippen molar-refractivity contribution in [3.63, 3.8) is 0 Å². The van der Waals surface area contributed by atoms with Crippen LogP contribution in [0, 0.1) is 13.8 Å². The van der Waals surface area contributed by atoms with E-state index in [0.29, 0.717) is 17.2 Å². The van der Waals surface area contributed by atoms with Gasteiger partial charge in [-0.2, -0.15) is 0 Å². The number of unbranched alkanes of at least 4 members (excludes halogenated alkanes) is 3. The molecular formula is C40H60O3S. The average molecular weight is 621 g/mol. The zero-order valence-electron chi connectivity index (χ0n) is 29.6. The van der Waals surface area contributed by atoms with Crippen LogP contribution >= 0.6 is 11.8 Å². The lowest BCUT2D eigenvalue weighted by Gasteiger charge is -2.24. The van der Waals surface area contributed by atoms with E-state index in [2.05, 4.69) is 80.5 Å². The zero-order chi connectivity index (χ0) is 33.2. The summed E-state index contributed by atoms with van der Waals surface area (Å²) in [6.07, 6.45) is 10.6. The van der Waals surface area contributed by atoms with Crippen molar-refractivity contribution in [2.75, 3.05) is 0 Å². The fraction of sp³-hybridized carbons (Fsp3) is 0.550. The van der Waals surface area contributed by atoms with Crippen molar-refractivity contribution in [3.05, 3.63) is 75.3 Å². The highest BCUT2D eigenvalue weighted by atomic mass is 32.2. The van der Waals surface area contributed by atoms with Crippen LogP contribution in [0.3, 0.4) is 0 Å². The highest BCUT2D eigenvalue weighted by Crippen LogP contribution is 2.42. The smallest absolute Gasteiger partial charge is 0.119 e. The number of aryl methyl sites for hydroxylation is 3. The maximum atomic E-state index is 10.3. The molecule has 0 aliphatic rings. The van der Waals surface area contributed by atoms with E-state index >= 15 is 0 Å². The first-order valence-corrected chi connectivity index (χ1v) is 17.5. The third kappa shape index (κ3) is 10.5. The normalized spacial score (nSPS) is 11.8. The van der Waals surface area contributed by atoms with Crippen molar-refractivity contribution in [2.45, 2.75) is 155 Å². The molecule has 0 bridgehead atoms. The Morgan fingerprint density at radius 1 is 0.545 bits per heavy atom. The fourth-order valence-electron chi connectivity index (χ4n) is 5.51. The third-order valence-electron chi connectivity index (χ3n) is 8.29. The average Bonchev–Trinajstić information content (AvgIpc) is 2.92. The molecule has 0 atom stereocenters. The second-order valence-corrected chi connectivity index (χ2v) is 15.5. The van der Waals surface area contributed by atoms with Gasteiger partial charge in [0.15, 0.2) is 0 Å². The summed E-state index contributed by atoms with van der Waals surface area (Å²) in [5, 5.41) is 30.8. The van der Waals surface area contributed by atoms with E-state index in [1.807, 2.05) is 32.0 Å². The molecule has 0 amide bonds. The highest BCUT2D eigenvalue weighted by molar-refractivity contribution is 7.99. The third-order valence-corrected chi connectivity index (χ3v) is 9.61. The minimum absolute atomic E-state index is 0.117. The Labute approximate surface area is 273 Å². The molecule has 4 heteroatoms. The van der Waals surface area contributed by atoms with Crippen LogP contribution in [-0.4, -0.2) is 15.3 Å². The van der Waals surface area contributed by atoms with Gasteiger partial charge >= 0.3 is 0 Å². The van der Waals surface area contributed by atoms with Crippen LogP contribution in [0.2, 0.25) is 0 Å². The molecule has 3 aromatic carbocycles. The van der Waals surface area contributed by atoms with Gasteiger partial charge in [0.05, 0.1) is 0 Å². The number of hydrogen-bond acceptors (Lipinski definition) is 4. The first-order chi connectivity index (χ1) is 20.5. The first-order valence-electron chi connectivity index (χ1n) is 16.7. The highest BCUT2D eigenvalue weighted by Gasteiger charge is 2.22. The van der Waals surface area contributed by atoms with E-state index in [1.54, 1.807) is 11.8 Å². The Hall–Kier alpha value is -2.59. The zero-order valence-corrected chi connectivity index (χ0v) is 30.4. The van der Waals surface area contributed by atoms with Crippen molar-refractivity contribution in [1.29, 1.82) is 0 Å². The molecule has 0 aromatic heterocycles. The van der Waals surface area contributed by atoms with Crippen LogP contribution in [-0.2, 0) is 30.1 Å². The van der Waals surface area contributed by atoms with Crippen LogP contribution in [0.4, 0.5) is 0 Å². The summed E-state index contributed by atoms with van der Waals surface area (Å²) in [4.78, 5) is 2.27. The van der Waals surface area contributed by atoms with Crippen molar-refractivity contribution >= 4 is 11.8 Å². The summed E-state index contributed by atoms with van der Waals surface area (Å²) >= 11 is 1.70. The fourth-order valence-corrected chi connectivity index (χ4v) is 6.54. The molecule has 0 unspecified atom stereocenters. The maximum Gasteiger partial charge on any atom is 0.119 e. The van der Waals surface area contributed by atoms with E-state index in [-0.39, 0.29) is 10.8 Å². The van der Waals surface area contributed by atoms with E-state index in [0.717, 1.165) is 51.3 Å². The Morgan fingerprint density at radius 3 is 1.36 bits per heavy atom. The Kier molecular flexibility index (Phi) is 14.2. The molecule has 3 rings (SSSR count). The van der Waals surface area contributed by atoms with Gasteiger partial charge < -0.3 is 15.3 Å². The van der Waals surface area contributed by atoms with Crippen molar-refractivity contribution in [3.8, 4) is 17.2 Å². The molecule has 3 N–H and O–H groups in total. The molecule has 0 radical (unpaired) electrons. The van der Waals surface area contributed by atoms with Crippen LogP contribution in [0.15, 0.2) is 46.2 Å². The van der Waals surface area contributed by atoms with Crippen molar-refractivity contribution in [2.24, 2.45) is 0 Å². The lowest BCUT2D eigenvalue weighted by molar-refractivity contribution is 0.444. The second-order valence-electron chi connectivity index (χ2n) is 14.4. The van der Waals surface area contributed by atoms with Gasteiger partial charge in [0.1, 0.15) is 17.2 Å². The molecule has 0 saturated heterocycles. The van der Waals surface area contributed by atoms with E-state index in [4.69, 9.17) is 0 Å². The van der Waals surface area contributed by atoms with Crippen LogP contribution < -0.4 is 0 Å². The SMILES string of the molecule is CCCCc1ccc(O)c(CCCC)c1CCCC.Cc1cc(O)c(C(C)(C)C)cc1Sc1cc(C(C)(C)C)c(O)cc1C. The standard InChI is InChI=1S/C22H30O2S.C18H30O/c1-13-9-17(23)15(21(3,4)5)11-19(13)25-20-12-16(22(6,7)8)18(24)10-14(20)2;1-4-7-10-15-13-14-18(19)17(12-9-6-3)16(15)11-8-5-2/h9-12,23-24H,1-8H3;13-14,19H,4-12H2,1-3H3. The van der Waals surface area contributed by atoms with Gasteiger partial charge in [0, 0.05) is 20.9 Å². The summed E-state index contributed by atoms with van der Waals surface area (Å²) in [5.41, 5.74) is 7.93. The summed E-state index contributed by atoms with van der Waals surface area (Å²) in [7, 11) is 0. The molecule has 0 saturated carbocycles. The summed E-state index contributed by atoms with van der Waals surface area (Å²) in [5.74, 6) is 1.22. The van der Waals surface area contributed by atoms with Gasteiger partial charge in [-0.15, -0.1) is 0 Å². The van der Waals surface area contributed by atoms with Crippen LogP contribution in [0.25, 0.3) is 0 Å². The quantitative estimate of drug-likeness (QED) is 0.200. The predicted octanol–water partition coefficient (Wildman–Crippen LogP) is 11.9.